The first-order valence-electron chi connectivity index (χ1n) is 5.66. The highest BCUT2D eigenvalue weighted by Crippen LogP contribution is 2.21. The van der Waals surface area contributed by atoms with E-state index in [-0.39, 0.29) is 13.0 Å². The molecule has 0 aromatic carbocycles. The van der Waals surface area contributed by atoms with Crippen molar-refractivity contribution in [2.75, 3.05) is 20.3 Å². The first-order valence-corrected chi connectivity index (χ1v) is 5.66. The van der Waals surface area contributed by atoms with E-state index in [9.17, 15) is 13.2 Å². The maximum absolute atomic E-state index is 11.9. The number of hydrogen-bond donors (Lipinski definition) is 1. The van der Waals surface area contributed by atoms with E-state index in [0.29, 0.717) is 25.4 Å². The van der Waals surface area contributed by atoms with Gasteiger partial charge in [0, 0.05) is 39.4 Å². The van der Waals surface area contributed by atoms with Crippen LogP contribution < -0.4 is 5.32 Å². The third kappa shape index (κ3) is 6.55. The summed E-state index contributed by atoms with van der Waals surface area (Å²) in [6.45, 7) is 2.05. The smallest absolute Gasteiger partial charge is 0.383 e. The van der Waals surface area contributed by atoms with Gasteiger partial charge in [0.2, 0.25) is 0 Å². The number of methoxy groups -OCH3 is 1. The number of nitrogens with one attached hydrogen (secondary N) is 1. The van der Waals surface area contributed by atoms with Crippen molar-refractivity contribution in [3.63, 3.8) is 0 Å². The summed E-state index contributed by atoms with van der Waals surface area (Å²) in [6, 6.07) is 0. The maximum Gasteiger partial charge on any atom is 0.389 e. The van der Waals surface area contributed by atoms with Gasteiger partial charge in [0.15, 0.2) is 0 Å². The van der Waals surface area contributed by atoms with Crippen molar-refractivity contribution in [2.45, 2.75) is 32.1 Å². The molecule has 1 rings (SSSR count). The molecule has 0 aliphatic carbocycles. The monoisotopic (exact) mass is 266 g/mol. The van der Waals surface area contributed by atoms with Crippen molar-refractivity contribution in [3.05, 3.63) is 11.9 Å². The summed E-state index contributed by atoms with van der Waals surface area (Å²) in [5.74, 6) is 0. The molecule has 0 unspecified atom stereocenters. The average Bonchev–Trinajstić information content (AvgIpc) is 2.71. The minimum Gasteiger partial charge on any atom is -0.383 e. The van der Waals surface area contributed by atoms with Crippen LogP contribution in [0.1, 0.15) is 18.5 Å². The molecule has 0 saturated heterocycles. The summed E-state index contributed by atoms with van der Waals surface area (Å²) in [5.41, 5.74) is 0.707. The Morgan fingerprint density at radius 1 is 1.44 bits per heavy atom. The largest absolute Gasteiger partial charge is 0.389 e. The molecular weight excluding hydrogens is 249 g/mol. The SMILES string of the molecule is COCCNCc1cn(CCCC(F)(F)F)nn1. The van der Waals surface area contributed by atoms with Crippen LogP contribution in [-0.2, 0) is 17.8 Å². The van der Waals surface area contributed by atoms with Gasteiger partial charge in [-0.2, -0.15) is 13.2 Å². The second kappa shape index (κ2) is 7.32. The van der Waals surface area contributed by atoms with Crippen molar-refractivity contribution in [2.24, 2.45) is 0 Å². The number of rotatable bonds is 8. The molecule has 18 heavy (non-hydrogen) atoms. The van der Waals surface area contributed by atoms with Crippen molar-refractivity contribution < 1.29 is 17.9 Å². The zero-order valence-electron chi connectivity index (χ0n) is 10.2. The van der Waals surface area contributed by atoms with E-state index < -0.39 is 12.6 Å². The first kappa shape index (κ1) is 14.9. The van der Waals surface area contributed by atoms with Gasteiger partial charge in [0.25, 0.3) is 0 Å². The van der Waals surface area contributed by atoms with Crippen LogP contribution in [0, 0.1) is 0 Å². The fourth-order valence-corrected chi connectivity index (χ4v) is 1.36. The molecule has 0 amide bonds. The van der Waals surface area contributed by atoms with Crippen molar-refractivity contribution in [1.82, 2.24) is 20.3 Å². The lowest BCUT2D eigenvalue weighted by Crippen LogP contribution is -2.18. The predicted molar refractivity (Wildman–Crippen MR) is 58.9 cm³/mol. The number of aromatic nitrogens is 3. The highest BCUT2D eigenvalue weighted by molar-refractivity contribution is 4.91. The second-order valence-corrected chi connectivity index (χ2v) is 3.86. The van der Waals surface area contributed by atoms with Crippen LogP contribution in [0.4, 0.5) is 13.2 Å². The Hall–Kier alpha value is -1.15. The van der Waals surface area contributed by atoms with Crippen LogP contribution in [0.25, 0.3) is 0 Å². The lowest BCUT2D eigenvalue weighted by Gasteiger charge is -2.04. The van der Waals surface area contributed by atoms with Crippen molar-refractivity contribution in [1.29, 1.82) is 0 Å². The Balaban J connectivity index is 2.21. The Labute approximate surface area is 103 Å². The third-order valence-electron chi connectivity index (χ3n) is 2.22. The fraction of sp³-hybridized carbons (Fsp3) is 0.800. The molecule has 0 spiro atoms. The molecule has 8 heteroatoms. The van der Waals surface area contributed by atoms with E-state index in [4.69, 9.17) is 4.74 Å². The molecule has 1 aromatic rings. The van der Waals surface area contributed by atoms with Gasteiger partial charge in [0.1, 0.15) is 0 Å². The van der Waals surface area contributed by atoms with Gasteiger partial charge in [-0.3, -0.25) is 4.68 Å². The summed E-state index contributed by atoms with van der Waals surface area (Å²) < 4.78 is 42.1. The Morgan fingerprint density at radius 3 is 2.89 bits per heavy atom. The van der Waals surface area contributed by atoms with E-state index in [1.54, 1.807) is 13.3 Å². The van der Waals surface area contributed by atoms with Crippen LogP contribution in [-0.4, -0.2) is 41.4 Å². The zero-order valence-corrected chi connectivity index (χ0v) is 10.2. The lowest BCUT2D eigenvalue weighted by molar-refractivity contribution is -0.136. The number of nitrogens with zero attached hydrogens (tertiary/aromatic N) is 3. The van der Waals surface area contributed by atoms with E-state index in [1.807, 2.05) is 0 Å². The summed E-state index contributed by atoms with van der Waals surface area (Å²) >= 11 is 0. The van der Waals surface area contributed by atoms with E-state index >= 15 is 0 Å². The standard InChI is InChI=1S/C10H17F3N4O/c1-18-6-4-14-7-9-8-17(16-15-9)5-2-3-10(11,12)13/h8,14H,2-7H2,1H3. The number of ether oxygens (including phenoxy) is 1. The van der Waals surface area contributed by atoms with Crippen molar-refractivity contribution >= 4 is 0 Å². The number of aryl methyl sites for hydroxylation is 1. The van der Waals surface area contributed by atoms with Crippen molar-refractivity contribution in [3.8, 4) is 0 Å². The number of alkyl halides is 3. The van der Waals surface area contributed by atoms with Gasteiger partial charge in [-0.25, -0.2) is 0 Å². The predicted octanol–water partition coefficient (Wildman–Crippen LogP) is 1.36. The average molecular weight is 266 g/mol. The summed E-state index contributed by atoms with van der Waals surface area (Å²) in [7, 11) is 1.61. The van der Waals surface area contributed by atoms with E-state index in [0.717, 1.165) is 0 Å². The van der Waals surface area contributed by atoms with Gasteiger partial charge in [-0.15, -0.1) is 5.10 Å². The normalized spacial score (nSPS) is 12.0. The van der Waals surface area contributed by atoms with Gasteiger partial charge < -0.3 is 10.1 Å². The van der Waals surface area contributed by atoms with Gasteiger partial charge in [-0.1, -0.05) is 5.21 Å². The van der Waals surface area contributed by atoms with Crippen LogP contribution >= 0.6 is 0 Å². The minimum atomic E-state index is -4.11. The molecule has 0 aliphatic heterocycles. The topological polar surface area (TPSA) is 52.0 Å². The molecule has 0 aliphatic rings. The Morgan fingerprint density at radius 2 is 2.22 bits per heavy atom. The highest BCUT2D eigenvalue weighted by atomic mass is 19.4. The molecule has 104 valence electrons. The first-order chi connectivity index (χ1) is 8.51. The van der Waals surface area contributed by atoms with Gasteiger partial charge in [0.05, 0.1) is 12.3 Å². The molecule has 1 heterocycles. The van der Waals surface area contributed by atoms with E-state index in [2.05, 4.69) is 15.6 Å². The van der Waals surface area contributed by atoms with Gasteiger partial charge >= 0.3 is 6.18 Å². The van der Waals surface area contributed by atoms with Crippen LogP contribution in [0.2, 0.25) is 0 Å². The number of halogens is 3. The molecule has 0 saturated carbocycles. The molecule has 5 nitrogen and oxygen atoms in total. The Bertz CT molecular complexity index is 340. The molecular formula is C10H17F3N4O. The maximum atomic E-state index is 11.9. The highest BCUT2D eigenvalue weighted by Gasteiger charge is 2.26. The fourth-order valence-electron chi connectivity index (χ4n) is 1.36. The molecule has 0 bridgehead atoms. The second-order valence-electron chi connectivity index (χ2n) is 3.86. The zero-order chi connectivity index (χ0) is 13.4. The molecule has 1 N–H and O–H groups in total. The van der Waals surface area contributed by atoms with Crippen LogP contribution in [0.5, 0.6) is 0 Å². The van der Waals surface area contributed by atoms with Crippen LogP contribution in [0.3, 0.4) is 0 Å². The molecule has 1 aromatic heterocycles. The minimum absolute atomic E-state index is 0.0173. The summed E-state index contributed by atoms with van der Waals surface area (Å²) in [5, 5.41) is 10.7. The summed E-state index contributed by atoms with van der Waals surface area (Å²) in [4.78, 5) is 0. The Kier molecular flexibility index (Phi) is 6.06. The lowest BCUT2D eigenvalue weighted by atomic mass is 10.3. The van der Waals surface area contributed by atoms with Crippen LogP contribution in [0.15, 0.2) is 6.20 Å². The van der Waals surface area contributed by atoms with E-state index in [1.165, 1.54) is 4.68 Å². The quantitative estimate of drug-likeness (QED) is 0.722. The molecule has 0 fully saturated rings. The molecule has 0 atom stereocenters. The van der Waals surface area contributed by atoms with Gasteiger partial charge in [-0.05, 0) is 6.42 Å². The molecule has 0 radical (unpaired) electrons. The third-order valence-corrected chi connectivity index (χ3v) is 2.22. The summed E-state index contributed by atoms with van der Waals surface area (Å²) in [6.07, 6.45) is -3.24. The number of hydrogen-bond acceptors (Lipinski definition) is 4.